The van der Waals surface area contributed by atoms with Crippen molar-refractivity contribution in [1.29, 1.82) is 0 Å². The van der Waals surface area contributed by atoms with Crippen LogP contribution in [0.15, 0.2) is 0 Å². The lowest BCUT2D eigenvalue weighted by molar-refractivity contribution is -0.143. The molecule has 0 aromatic heterocycles. The van der Waals surface area contributed by atoms with Gasteiger partial charge in [0.2, 0.25) is 0 Å². The minimum absolute atomic E-state index is 0.228. The predicted octanol–water partition coefficient (Wildman–Crippen LogP) is -1.83. The lowest BCUT2D eigenvalue weighted by atomic mass is 10.5. The molecular weight excluding hydrogens is 228 g/mol. The van der Waals surface area contributed by atoms with Crippen LogP contribution in [0.4, 0.5) is 0 Å². The first-order chi connectivity index (χ1) is 7.02. The van der Waals surface area contributed by atoms with E-state index in [-0.39, 0.29) is 13.1 Å². The minimum atomic E-state index is -3.76. The van der Waals surface area contributed by atoms with E-state index in [1.807, 2.05) is 0 Å². The summed E-state index contributed by atoms with van der Waals surface area (Å²) in [6.45, 7) is 0.376. The van der Waals surface area contributed by atoms with Gasteiger partial charge in [-0.3, -0.25) is 4.84 Å². The zero-order valence-electron chi connectivity index (χ0n) is 7.88. The van der Waals surface area contributed by atoms with Gasteiger partial charge in [0.05, 0.1) is 13.2 Å². The van der Waals surface area contributed by atoms with E-state index in [2.05, 4.69) is 4.84 Å². The summed E-state index contributed by atoms with van der Waals surface area (Å²) >= 11 is 0. The van der Waals surface area contributed by atoms with Crippen LogP contribution < -0.4 is 4.89 Å². The number of hydrogen-bond donors (Lipinski definition) is 2. The van der Waals surface area contributed by atoms with Crippen LogP contribution in [0.3, 0.4) is 0 Å². The van der Waals surface area contributed by atoms with Gasteiger partial charge in [0.1, 0.15) is 0 Å². The molecular formula is C6H12N2O6S. The Kier molecular flexibility index (Phi) is 4.42. The molecule has 0 spiro atoms. The van der Waals surface area contributed by atoms with Crippen LogP contribution in [0.25, 0.3) is 0 Å². The van der Waals surface area contributed by atoms with E-state index < -0.39 is 22.8 Å². The highest BCUT2D eigenvalue weighted by atomic mass is 32.2. The molecule has 0 aromatic rings. The van der Waals surface area contributed by atoms with Gasteiger partial charge in [-0.2, -0.15) is 12.7 Å². The molecule has 1 aliphatic rings. The van der Waals surface area contributed by atoms with Crippen molar-refractivity contribution in [3.8, 4) is 0 Å². The first kappa shape index (κ1) is 12.3. The lowest BCUT2D eigenvalue weighted by Crippen LogP contribution is -2.46. The van der Waals surface area contributed by atoms with Crippen molar-refractivity contribution >= 4 is 16.2 Å². The average molecular weight is 240 g/mol. The molecule has 88 valence electrons. The third-order valence-electron chi connectivity index (χ3n) is 1.67. The number of carbonyl (C=O) groups is 1. The van der Waals surface area contributed by atoms with Gasteiger partial charge in [-0.1, -0.05) is 4.89 Å². The predicted molar refractivity (Wildman–Crippen MR) is 48.0 cm³/mol. The van der Waals surface area contributed by atoms with E-state index in [1.165, 1.54) is 0 Å². The Bertz CT molecular complexity index is 310. The van der Waals surface area contributed by atoms with Crippen molar-refractivity contribution in [1.82, 2.24) is 9.19 Å². The Morgan fingerprint density at radius 1 is 1.47 bits per heavy atom. The standard InChI is InChI=1S/C6H12N2O6S/c9-6(10)5-14-7-15(11,12)8-1-3-13-4-2-8/h7H,1-5H2,(H,9,10). The number of rotatable bonds is 5. The van der Waals surface area contributed by atoms with Crippen molar-refractivity contribution in [3.63, 3.8) is 0 Å². The number of carboxylic acid groups (broad SMARTS) is 1. The summed E-state index contributed by atoms with van der Waals surface area (Å²) in [7, 11) is -3.76. The van der Waals surface area contributed by atoms with Gasteiger partial charge in [-0.05, 0) is 0 Å². The second kappa shape index (κ2) is 5.37. The highest BCUT2D eigenvalue weighted by Gasteiger charge is 2.24. The molecule has 0 amide bonds. The quantitative estimate of drug-likeness (QED) is 0.548. The number of nitrogens with one attached hydrogen (secondary N) is 1. The van der Waals surface area contributed by atoms with E-state index >= 15 is 0 Å². The number of ether oxygens (including phenoxy) is 1. The van der Waals surface area contributed by atoms with E-state index in [9.17, 15) is 13.2 Å². The van der Waals surface area contributed by atoms with E-state index in [1.54, 1.807) is 4.89 Å². The average Bonchev–Trinajstić information content (AvgIpc) is 2.18. The van der Waals surface area contributed by atoms with Crippen molar-refractivity contribution in [2.45, 2.75) is 0 Å². The molecule has 0 radical (unpaired) electrons. The highest BCUT2D eigenvalue weighted by molar-refractivity contribution is 7.87. The van der Waals surface area contributed by atoms with Crippen molar-refractivity contribution in [2.75, 3.05) is 32.9 Å². The molecule has 15 heavy (non-hydrogen) atoms. The molecule has 1 fully saturated rings. The summed E-state index contributed by atoms with van der Waals surface area (Å²) in [6.07, 6.45) is 0. The fourth-order valence-electron chi connectivity index (χ4n) is 1.01. The first-order valence-electron chi connectivity index (χ1n) is 4.20. The second-order valence-electron chi connectivity index (χ2n) is 2.78. The van der Waals surface area contributed by atoms with Crippen LogP contribution in [0.2, 0.25) is 0 Å². The summed E-state index contributed by atoms with van der Waals surface area (Å²) < 4.78 is 28.9. The molecule has 9 heteroatoms. The van der Waals surface area contributed by atoms with Gasteiger partial charge < -0.3 is 9.84 Å². The fraction of sp³-hybridized carbons (Fsp3) is 0.833. The Hall–Kier alpha value is -0.740. The molecule has 0 bridgehead atoms. The third kappa shape index (κ3) is 4.10. The molecule has 0 atom stereocenters. The second-order valence-corrected chi connectivity index (χ2v) is 4.42. The maximum atomic E-state index is 11.4. The van der Waals surface area contributed by atoms with Gasteiger partial charge in [-0.15, -0.1) is 0 Å². The number of nitrogens with zero attached hydrogens (tertiary/aromatic N) is 1. The van der Waals surface area contributed by atoms with Crippen LogP contribution in [0.5, 0.6) is 0 Å². The molecule has 0 unspecified atom stereocenters. The number of morpholine rings is 1. The SMILES string of the molecule is O=C(O)CONS(=O)(=O)N1CCOCC1. The van der Waals surface area contributed by atoms with Crippen molar-refractivity contribution in [2.24, 2.45) is 0 Å². The lowest BCUT2D eigenvalue weighted by Gasteiger charge is -2.25. The first-order valence-corrected chi connectivity index (χ1v) is 5.64. The largest absolute Gasteiger partial charge is 0.479 e. The number of aliphatic carboxylic acids is 1. The fourth-order valence-corrected chi connectivity index (χ4v) is 1.95. The van der Waals surface area contributed by atoms with Crippen molar-refractivity contribution < 1.29 is 27.9 Å². The van der Waals surface area contributed by atoms with Gasteiger partial charge >= 0.3 is 16.2 Å². The zero-order valence-corrected chi connectivity index (χ0v) is 8.70. The molecule has 1 heterocycles. The molecule has 0 saturated carbocycles. The van der Waals surface area contributed by atoms with Crippen LogP contribution >= 0.6 is 0 Å². The topological polar surface area (TPSA) is 105 Å². The molecule has 1 saturated heterocycles. The Balaban J connectivity index is 2.40. The van der Waals surface area contributed by atoms with Gasteiger partial charge in [0.15, 0.2) is 6.61 Å². The smallest absolute Gasteiger partial charge is 0.331 e. The molecule has 1 aliphatic heterocycles. The summed E-state index contributed by atoms with van der Waals surface area (Å²) in [4.78, 5) is 16.1. The zero-order chi connectivity index (χ0) is 11.3. The maximum absolute atomic E-state index is 11.4. The summed E-state index contributed by atoms with van der Waals surface area (Å²) in [5.41, 5.74) is 0. The van der Waals surface area contributed by atoms with Gasteiger partial charge in [-0.25, -0.2) is 4.79 Å². The molecule has 1 rings (SSSR count). The Morgan fingerprint density at radius 2 is 2.07 bits per heavy atom. The summed E-state index contributed by atoms with van der Waals surface area (Å²) in [6, 6.07) is 0. The van der Waals surface area contributed by atoms with E-state index in [4.69, 9.17) is 9.84 Å². The number of hydrogen-bond acceptors (Lipinski definition) is 5. The Morgan fingerprint density at radius 3 is 2.60 bits per heavy atom. The normalized spacial score (nSPS) is 18.9. The van der Waals surface area contributed by atoms with Gasteiger partial charge in [0, 0.05) is 13.1 Å². The van der Waals surface area contributed by atoms with Crippen LogP contribution in [0.1, 0.15) is 0 Å². The molecule has 0 aromatic carbocycles. The summed E-state index contributed by atoms with van der Waals surface area (Å²) in [5, 5.41) is 8.23. The molecule has 8 nitrogen and oxygen atoms in total. The minimum Gasteiger partial charge on any atom is -0.479 e. The van der Waals surface area contributed by atoms with Crippen LogP contribution in [0, 0.1) is 0 Å². The van der Waals surface area contributed by atoms with Crippen molar-refractivity contribution in [3.05, 3.63) is 0 Å². The molecule has 2 N–H and O–H groups in total. The highest BCUT2D eigenvalue weighted by Crippen LogP contribution is 2.02. The number of carboxylic acids is 1. The molecule has 0 aliphatic carbocycles. The maximum Gasteiger partial charge on any atom is 0.331 e. The monoisotopic (exact) mass is 240 g/mol. The Labute approximate surface area is 86.9 Å². The third-order valence-corrected chi connectivity index (χ3v) is 3.04. The van der Waals surface area contributed by atoms with Gasteiger partial charge in [0.25, 0.3) is 0 Å². The summed E-state index contributed by atoms with van der Waals surface area (Å²) in [5.74, 6) is -1.25. The van der Waals surface area contributed by atoms with Crippen LogP contribution in [-0.2, 0) is 24.6 Å². The van der Waals surface area contributed by atoms with E-state index in [0.717, 1.165) is 4.31 Å². The van der Waals surface area contributed by atoms with Crippen LogP contribution in [-0.4, -0.2) is 56.7 Å². The van der Waals surface area contributed by atoms with E-state index in [0.29, 0.717) is 13.2 Å².